The number of methoxy groups -OCH3 is 1. The van der Waals surface area contributed by atoms with Crippen molar-refractivity contribution in [3.8, 4) is 0 Å². The van der Waals surface area contributed by atoms with Gasteiger partial charge in [-0.3, -0.25) is 0 Å². The van der Waals surface area contributed by atoms with Gasteiger partial charge < -0.3 is 18.9 Å². The first-order chi connectivity index (χ1) is 1.41. The Morgan fingerprint density at radius 1 is 0.857 bits per heavy atom. The van der Waals surface area contributed by atoms with Crippen LogP contribution in [0.15, 0.2) is 0 Å². The van der Waals surface area contributed by atoms with Crippen LogP contribution in [0.1, 0.15) is 0 Å². The molecule has 44 valence electrons. The Kier molecular flexibility index (Phi) is 2030. The van der Waals surface area contributed by atoms with Crippen LogP contribution in [0.2, 0.25) is 0 Å². The first-order valence-electron chi connectivity index (χ1n) is 0.816. The zero-order valence-corrected chi connectivity index (χ0v) is 4.12. The monoisotopic (exact) mass is 114 g/mol. The van der Waals surface area contributed by atoms with Crippen LogP contribution in [0.5, 0.6) is 0 Å². The van der Waals surface area contributed by atoms with Gasteiger partial charge in [-0.15, -0.1) is 0 Å². The van der Waals surface area contributed by atoms with E-state index < -0.39 is 0 Å². The zero-order valence-electron chi connectivity index (χ0n) is 4.12. The van der Waals surface area contributed by atoms with E-state index in [1.54, 1.807) is 14.2 Å². The SMILES string of the molecule is COC.[B+3].[F-].[F-].[F-]. The van der Waals surface area contributed by atoms with Gasteiger partial charge in [-0.25, -0.2) is 0 Å². The number of hydrogen-bond acceptors (Lipinski definition) is 1. The fraction of sp³-hybridized carbons (Fsp3) is 1.00. The molecule has 0 amide bonds. The van der Waals surface area contributed by atoms with E-state index in [0.717, 1.165) is 0 Å². The van der Waals surface area contributed by atoms with E-state index in [0.29, 0.717) is 0 Å². The minimum absolute atomic E-state index is 0. The third-order valence-electron chi connectivity index (χ3n) is 0. The Bertz CT molecular complexity index is 12.9. The minimum Gasteiger partial charge on any atom is -1.00 e. The summed E-state index contributed by atoms with van der Waals surface area (Å²) in [5.41, 5.74) is 0. The van der Waals surface area contributed by atoms with E-state index in [1.807, 2.05) is 0 Å². The number of ether oxygens (including phenoxy) is 1. The van der Waals surface area contributed by atoms with E-state index in [-0.39, 0.29) is 22.5 Å². The largest absolute Gasteiger partial charge is 3.00 e. The molecule has 0 saturated heterocycles. The maximum Gasteiger partial charge on any atom is 3.00 e. The molecule has 0 aromatic carbocycles. The zero-order chi connectivity index (χ0) is 2.71. The van der Waals surface area contributed by atoms with Crippen molar-refractivity contribution < 1.29 is 18.9 Å². The molecule has 0 spiro atoms. The Hall–Kier alpha value is -0.185. The van der Waals surface area contributed by atoms with Gasteiger partial charge in [0.1, 0.15) is 0 Å². The fourth-order valence-corrected chi connectivity index (χ4v) is 0. The number of halogens is 3. The summed E-state index contributed by atoms with van der Waals surface area (Å²) in [6.45, 7) is 0. The first kappa shape index (κ1) is 70.0. The number of rotatable bonds is 0. The molecule has 0 heterocycles. The summed E-state index contributed by atoms with van der Waals surface area (Å²) in [5, 5.41) is 0. The molecule has 0 N–H and O–H groups in total. The Labute approximate surface area is 42.7 Å². The van der Waals surface area contributed by atoms with Gasteiger partial charge in [-0.05, 0) is 0 Å². The van der Waals surface area contributed by atoms with Crippen molar-refractivity contribution in [2.24, 2.45) is 0 Å². The summed E-state index contributed by atoms with van der Waals surface area (Å²) >= 11 is 0. The quantitative estimate of drug-likeness (QED) is 0.284. The van der Waals surface area contributed by atoms with Gasteiger partial charge in [-0.1, -0.05) is 0 Å². The normalized spacial score (nSPS) is 2.57. The predicted molar refractivity (Wildman–Crippen MR) is 18.7 cm³/mol. The van der Waals surface area contributed by atoms with Crippen LogP contribution in [0.25, 0.3) is 0 Å². The molecule has 0 saturated carbocycles. The van der Waals surface area contributed by atoms with Crippen molar-refractivity contribution in [1.29, 1.82) is 0 Å². The van der Waals surface area contributed by atoms with E-state index >= 15 is 0 Å². The van der Waals surface area contributed by atoms with Gasteiger partial charge in [-0.2, -0.15) is 0 Å². The van der Waals surface area contributed by atoms with Crippen LogP contribution in [0.3, 0.4) is 0 Å². The van der Waals surface area contributed by atoms with Crippen molar-refractivity contribution in [2.45, 2.75) is 0 Å². The molecule has 0 radical (unpaired) electrons. The third-order valence-corrected chi connectivity index (χ3v) is 0. The van der Waals surface area contributed by atoms with Crippen LogP contribution in [0, 0.1) is 0 Å². The van der Waals surface area contributed by atoms with Crippen LogP contribution in [0.4, 0.5) is 0 Å². The first-order valence-corrected chi connectivity index (χ1v) is 0.816. The Morgan fingerprint density at radius 2 is 0.857 bits per heavy atom. The van der Waals surface area contributed by atoms with Crippen molar-refractivity contribution in [3.63, 3.8) is 0 Å². The smallest absolute Gasteiger partial charge is 1.00 e. The van der Waals surface area contributed by atoms with Gasteiger partial charge in [0.05, 0.1) is 0 Å². The molecule has 0 bridgehead atoms. The molecule has 0 aromatic heterocycles. The Morgan fingerprint density at radius 3 is 0.857 bits per heavy atom. The third kappa shape index (κ3) is 2470. The molecule has 0 aliphatic heterocycles. The average molecular weight is 114 g/mol. The van der Waals surface area contributed by atoms with Crippen LogP contribution >= 0.6 is 0 Å². The van der Waals surface area contributed by atoms with Gasteiger partial charge in [0.15, 0.2) is 0 Å². The van der Waals surface area contributed by atoms with Gasteiger partial charge in [0.25, 0.3) is 0 Å². The summed E-state index contributed by atoms with van der Waals surface area (Å²) in [7, 11) is 3.25. The standard InChI is InChI=1S/C2H6O.B.3FH/c1-3-2;;;;/h1-2H3;;3*1H/q;+3;;;/p-3. The maximum atomic E-state index is 4.25. The molecule has 0 unspecified atom stereocenters. The molecule has 0 aliphatic carbocycles. The molecule has 0 atom stereocenters. The predicted octanol–water partition coefficient (Wildman–Crippen LogP) is -9.11. The second-order valence-electron chi connectivity index (χ2n) is 0.408. The van der Waals surface area contributed by atoms with Gasteiger partial charge in [0.2, 0.25) is 0 Å². The van der Waals surface area contributed by atoms with E-state index in [2.05, 4.69) is 4.74 Å². The summed E-state index contributed by atoms with van der Waals surface area (Å²) in [6, 6.07) is 0. The molecule has 0 rings (SSSR count). The topological polar surface area (TPSA) is 9.23 Å². The molecule has 0 aromatic rings. The van der Waals surface area contributed by atoms with Crippen molar-refractivity contribution in [3.05, 3.63) is 0 Å². The Balaban J connectivity index is -0.00000000333. The summed E-state index contributed by atoms with van der Waals surface area (Å²) in [5.74, 6) is 0. The molecule has 0 aliphatic rings. The molecule has 7 heavy (non-hydrogen) atoms. The maximum absolute atomic E-state index is 4.25. The second-order valence-corrected chi connectivity index (χ2v) is 0.408. The summed E-state index contributed by atoms with van der Waals surface area (Å²) < 4.78 is 4.25. The molecular weight excluding hydrogens is 108 g/mol. The van der Waals surface area contributed by atoms with E-state index in [1.165, 1.54) is 0 Å². The summed E-state index contributed by atoms with van der Waals surface area (Å²) in [4.78, 5) is 0. The fourth-order valence-electron chi connectivity index (χ4n) is 0. The molecule has 5 heteroatoms. The van der Waals surface area contributed by atoms with Gasteiger partial charge in [0, 0.05) is 14.2 Å². The van der Waals surface area contributed by atoms with Crippen LogP contribution in [-0.2, 0) is 4.74 Å². The average Bonchev–Trinajstić information content (AvgIpc) is 0.918. The second kappa shape index (κ2) is 203. The van der Waals surface area contributed by atoms with Gasteiger partial charge >= 0.3 is 8.41 Å². The summed E-state index contributed by atoms with van der Waals surface area (Å²) in [6.07, 6.45) is 0. The molecule has 0 fully saturated rings. The van der Waals surface area contributed by atoms with Crippen molar-refractivity contribution in [2.75, 3.05) is 14.2 Å². The van der Waals surface area contributed by atoms with Crippen LogP contribution < -0.4 is 14.1 Å². The van der Waals surface area contributed by atoms with E-state index in [9.17, 15) is 0 Å². The van der Waals surface area contributed by atoms with Crippen molar-refractivity contribution in [1.82, 2.24) is 0 Å². The van der Waals surface area contributed by atoms with E-state index in [4.69, 9.17) is 0 Å². The minimum atomic E-state index is 0. The van der Waals surface area contributed by atoms with Crippen molar-refractivity contribution >= 4 is 8.41 Å². The molecule has 1 nitrogen and oxygen atoms in total. The number of hydrogen-bond donors (Lipinski definition) is 0. The molecular formula is C2H6BF3O. The van der Waals surface area contributed by atoms with Crippen LogP contribution in [-0.4, -0.2) is 22.6 Å².